The Labute approximate surface area is 148 Å². The van der Waals surface area contributed by atoms with Gasteiger partial charge in [0, 0.05) is 18.6 Å². The molecule has 124 valence electrons. The number of aliphatic hydroxyl groups is 1. The fourth-order valence-electron chi connectivity index (χ4n) is 5.98. The molecule has 6 atom stereocenters. The minimum atomic E-state index is -2.34. The zero-order valence-electron chi connectivity index (χ0n) is 19.6. The first-order chi connectivity index (χ1) is 13.3. The third-order valence-corrected chi connectivity index (χ3v) is 7.12. The van der Waals surface area contributed by atoms with Crippen LogP contribution in [0.2, 0.25) is 0 Å². The van der Waals surface area contributed by atoms with Crippen molar-refractivity contribution in [3.8, 4) is 12.3 Å². The van der Waals surface area contributed by atoms with Crippen molar-refractivity contribution in [2.24, 2.45) is 29.1 Å². The van der Waals surface area contributed by atoms with Gasteiger partial charge in [-0.3, -0.25) is 4.79 Å². The molecule has 0 aromatic carbocycles. The molecule has 0 aliphatic heterocycles. The summed E-state index contributed by atoms with van der Waals surface area (Å²) < 4.78 is 51.0. The maximum Gasteiger partial charge on any atom is 0.155 e. The molecule has 3 saturated carbocycles. The Morgan fingerprint density at radius 2 is 2.22 bits per heavy atom. The fraction of sp³-hybridized carbons (Fsp3) is 0.762. The molecule has 0 aromatic rings. The van der Waals surface area contributed by atoms with Gasteiger partial charge >= 0.3 is 0 Å². The highest BCUT2D eigenvalue weighted by atomic mass is 16.3. The van der Waals surface area contributed by atoms with E-state index in [2.05, 4.69) is 5.92 Å². The molecule has 4 rings (SSSR count). The first-order valence-electron chi connectivity index (χ1n) is 11.8. The van der Waals surface area contributed by atoms with E-state index < -0.39 is 47.9 Å². The largest absolute Gasteiger partial charge is 0.377 e. The number of hydrogen-bond donors (Lipinski definition) is 1. The molecule has 2 nitrogen and oxygen atoms in total. The van der Waals surface area contributed by atoms with Gasteiger partial charge in [0.1, 0.15) is 5.60 Å². The van der Waals surface area contributed by atoms with Crippen LogP contribution < -0.4 is 0 Å². The van der Waals surface area contributed by atoms with Crippen molar-refractivity contribution >= 4 is 5.78 Å². The Balaban J connectivity index is 1.86. The van der Waals surface area contributed by atoms with Gasteiger partial charge in [-0.05, 0) is 81.0 Å². The van der Waals surface area contributed by atoms with E-state index in [1.165, 1.54) is 0 Å². The van der Waals surface area contributed by atoms with Crippen molar-refractivity contribution in [2.75, 3.05) is 0 Å². The Bertz CT molecular complexity index is 845. The van der Waals surface area contributed by atoms with Gasteiger partial charge in [0.25, 0.3) is 0 Å². The minimum Gasteiger partial charge on any atom is -0.377 e. The Morgan fingerprint density at radius 3 is 2.96 bits per heavy atom. The summed E-state index contributed by atoms with van der Waals surface area (Å²) in [7, 11) is 0. The SMILES string of the molecule is [2H]C1=C2C([2H])([2H])CC3C4CC[C@@](O)(C#C)[C@@]4(CC)CCC3[C@@]2([2H])CC([2H])([2H])C1=O. The summed E-state index contributed by atoms with van der Waals surface area (Å²) in [4.78, 5) is 12.4. The zero-order valence-corrected chi connectivity index (χ0v) is 13.6. The van der Waals surface area contributed by atoms with Gasteiger partial charge in [0.05, 0.1) is 1.37 Å². The van der Waals surface area contributed by atoms with E-state index in [1.54, 1.807) is 0 Å². The van der Waals surface area contributed by atoms with E-state index in [0.717, 1.165) is 0 Å². The molecule has 0 heterocycles. The number of fused-ring (bicyclic) bond motifs is 5. The van der Waals surface area contributed by atoms with Gasteiger partial charge in [-0.2, -0.15) is 0 Å². The molecule has 0 radical (unpaired) electrons. The number of allylic oxidation sites excluding steroid dienone is 1. The maximum atomic E-state index is 12.4. The van der Waals surface area contributed by atoms with E-state index in [-0.39, 0.29) is 29.7 Å². The second-order valence-electron chi connectivity index (χ2n) is 7.56. The molecule has 3 fully saturated rings. The highest BCUT2D eigenvalue weighted by Crippen LogP contribution is 2.66. The summed E-state index contributed by atoms with van der Waals surface area (Å²) in [6, 6.07) is -0.654. The average Bonchev–Trinajstić information content (AvgIpc) is 2.93. The molecule has 1 N–H and O–H groups in total. The van der Waals surface area contributed by atoms with Crippen molar-refractivity contribution in [3.05, 3.63) is 11.6 Å². The van der Waals surface area contributed by atoms with Crippen LogP contribution >= 0.6 is 0 Å². The van der Waals surface area contributed by atoms with Gasteiger partial charge in [0.15, 0.2) is 5.78 Å². The lowest BCUT2D eigenvalue weighted by molar-refractivity contribution is -0.117. The molecule has 0 aromatic heterocycles. The molecule has 23 heavy (non-hydrogen) atoms. The molecule has 0 amide bonds. The lowest BCUT2D eigenvalue weighted by atomic mass is 9.49. The molecule has 0 spiro atoms. The minimum absolute atomic E-state index is 0.0520. The highest BCUT2D eigenvalue weighted by Gasteiger charge is 2.63. The molecule has 3 unspecified atom stereocenters. The van der Waals surface area contributed by atoms with Crippen LogP contribution in [0, 0.1) is 41.4 Å². The summed E-state index contributed by atoms with van der Waals surface area (Å²) in [6.07, 6.45) is 3.91. The normalized spacial score (nSPS) is 60.6. The third-order valence-electron chi connectivity index (χ3n) is 7.12. The highest BCUT2D eigenvalue weighted by molar-refractivity contribution is 5.91. The van der Waals surface area contributed by atoms with Crippen LogP contribution in [-0.4, -0.2) is 16.5 Å². The summed E-state index contributed by atoms with van der Waals surface area (Å²) >= 11 is 0. The topological polar surface area (TPSA) is 37.3 Å². The molecular formula is C21H28O2. The van der Waals surface area contributed by atoms with E-state index in [0.29, 0.717) is 32.1 Å². The molecule has 0 saturated heterocycles. The van der Waals surface area contributed by atoms with E-state index in [9.17, 15) is 11.3 Å². The second kappa shape index (κ2) is 5.21. The standard InChI is InChI=1S/C21H28O2/c1-3-20-11-9-17-16-8-6-15(22)13-14(16)5-7-18(17)19(20)10-12-21(20,23)4-2/h2,13,16-19,23H,3,5-12H2,1H3/t16-,17?,18?,19?,20-,21-/m0/s1/i5D2,6D2,13D,16D. The lowest BCUT2D eigenvalue weighted by Gasteiger charge is -2.55. The summed E-state index contributed by atoms with van der Waals surface area (Å²) in [5, 5.41) is 11.2. The van der Waals surface area contributed by atoms with Gasteiger partial charge in [-0.1, -0.05) is 18.4 Å². The smallest absolute Gasteiger partial charge is 0.155 e. The predicted molar refractivity (Wildman–Crippen MR) is 90.5 cm³/mol. The van der Waals surface area contributed by atoms with E-state index in [4.69, 9.17) is 13.3 Å². The number of carbonyl (C=O) groups excluding carboxylic acids is 1. The van der Waals surface area contributed by atoms with Gasteiger partial charge < -0.3 is 5.11 Å². The quantitative estimate of drug-likeness (QED) is 0.745. The first-order valence-corrected chi connectivity index (χ1v) is 8.76. The van der Waals surface area contributed by atoms with Crippen LogP contribution in [0.3, 0.4) is 0 Å². The molecular weight excluding hydrogens is 284 g/mol. The van der Waals surface area contributed by atoms with Crippen LogP contribution in [-0.2, 0) is 4.79 Å². The lowest BCUT2D eigenvalue weighted by Crippen LogP contribution is -2.53. The Hall–Kier alpha value is -1.07. The predicted octanol–water partition coefficient (Wildman–Crippen LogP) is 3.88. The monoisotopic (exact) mass is 318 g/mol. The van der Waals surface area contributed by atoms with Gasteiger partial charge in [-0.15, -0.1) is 6.42 Å². The number of ketones is 1. The summed E-state index contributed by atoms with van der Waals surface area (Å²) in [6.45, 7) is 2.00. The molecule has 0 bridgehead atoms. The number of terminal acetylenes is 1. The second-order valence-corrected chi connectivity index (χ2v) is 7.56. The molecule has 4 aliphatic carbocycles. The number of hydrogen-bond acceptors (Lipinski definition) is 2. The van der Waals surface area contributed by atoms with Crippen molar-refractivity contribution < 1.29 is 18.1 Å². The number of carbonyl (C=O) groups is 1. The van der Waals surface area contributed by atoms with Crippen molar-refractivity contribution in [2.45, 2.75) is 70.2 Å². The summed E-state index contributed by atoms with van der Waals surface area (Å²) in [5.74, 6) is -0.673. The van der Waals surface area contributed by atoms with Crippen LogP contribution in [0.4, 0.5) is 0 Å². The van der Waals surface area contributed by atoms with Crippen molar-refractivity contribution in [3.63, 3.8) is 0 Å². The van der Waals surface area contributed by atoms with Crippen LogP contribution in [0.25, 0.3) is 0 Å². The van der Waals surface area contributed by atoms with Crippen molar-refractivity contribution in [1.82, 2.24) is 0 Å². The third kappa shape index (κ3) is 1.96. The van der Waals surface area contributed by atoms with Gasteiger partial charge in [-0.25, -0.2) is 0 Å². The van der Waals surface area contributed by atoms with E-state index in [1.807, 2.05) is 6.92 Å². The maximum absolute atomic E-state index is 12.4. The van der Waals surface area contributed by atoms with Crippen LogP contribution in [0.15, 0.2) is 11.6 Å². The first kappa shape index (κ1) is 10.0. The zero-order chi connectivity index (χ0) is 21.6. The number of rotatable bonds is 1. The van der Waals surface area contributed by atoms with E-state index >= 15 is 0 Å². The fourth-order valence-corrected chi connectivity index (χ4v) is 5.98. The Morgan fingerprint density at radius 1 is 1.39 bits per heavy atom. The molecule has 2 heteroatoms. The van der Waals surface area contributed by atoms with Gasteiger partial charge in [0.2, 0.25) is 0 Å². The Kier molecular flexibility index (Phi) is 2.28. The van der Waals surface area contributed by atoms with Crippen LogP contribution in [0.5, 0.6) is 0 Å². The summed E-state index contributed by atoms with van der Waals surface area (Å²) in [5.41, 5.74) is -1.91. The molecule has 4 aliphatic rings. The van der Waals surface area contributed by atoms with Crippen molar-refractivity contribution in [1.29, 1.82) is 0 Å². The average molecular weight is 318 g/mol. The van der Waals surface area contributed by atoms with Crippen LogP contribution in [0.1, 0.15) is 72.8 Å².